The highest BCUT2D eigenvalue weighted by Crippen LogP contribution is 2.25. The molecule has 0 saturated carbocycles. The van der Waals surface area contributed by atoms with Crippen molar-refractivity contribution in [3.63, 3.8) is 0 Å². The number of pyridine rings is 1. The van der Waals surface area contributed by atoms with Crippen LogP contribution in [0.1, 0.15) is 21.6 Å². The van der Waals surface area contributed by atoms with Gasteiger partial charge in [-0.25, -0.2) is 8.42 Å². The molecule has 0 radical (unpaired) electrons. The van der Waals surface area contributed by atoms with Crippen LogP contribution in [-0.2, 0) is 14.8 Å². The Morgan fingerprint density at radius 2 is 1.73 bits per heavy atom. The van der Waals surface area contributed by atoms with Crippen molar-refractivity contribution in [3.8, 4) is 0 Å². The van der Waals surface area contributed by atoms with Gasteiger partial charge in [-0.05, 0) is 56.3 Å². The number of hydrogen-bond donors (Lipinski definition) is 1. The molecule has 3 aromatic rings. The van der Waals surface area contributed by atoms with Crippen LogP contribution >= 0.6 is 0 Å². The van der Waals surface area contributed by atoms with E-state index in [-0.39, 0.29) is 10.8 Å². The van der Waals surface area contributed by atoms with Gasteiger partial charge in [0.1, 0.15) is 0 Å². The number of nitrogens with zero attached hydrogens (tertiary/aromatic N) is 2. The predicted octanol–water partition coefficient (Wildman–Crippen LogP) is 3.12. The number of carbonyl (C=O) groups excluding carboxylic acids is 1. The molecule has 4 rings (SSSR count). The number of morpholine rings is 1. The maximum Gasteiger partial charge on any atom is 0.255 e. The van der Waals surface area contributed by atoms with E-state index in [1.165, 1.54) is 28.6 Å². The molecule has 2 heterocycles. The summed E-state index contributed by atoms with van der Waals surface area (Å²) in [5.74, 6) is -0.307. The van der Waals surface area contributed by atoms with Crippen molar-refractivity contribution in [3.05, 3.63) is 65.4 Å². The van der Waals surface area contributed by atoms with Crippen LogP contribution in [0.15, 0.2) is 53.4 Å². The number of nitrogens with one attached hydrogen (secondary N) is 1. The molecule has 1 saturated heterocycles. The van der Waals surface area contributed by atoms with Gasteiger partial charge in [0, 0.05) is 29.7 Å². The van der Waals surface area contributed by atoms with Crippen LogP contribution in [0.4, 0.5) is 5.69 Å². The molecule has 0 atom stereocenters. The second-order valence-electron chi connectivity index (χ2n) is 7.33. The molecule has 7 nitrogen and oxygen atoms in total. The fraction of sp³-hybridized carbons (Fsp3) is 0.273. The van der Waals surface area contributed by atoms with Crippen LogP contribution in [0.5, 0.6) is 0 Å². The summed E-state index contributed by atoms with van der Waals surface area (Å²) in [7, 11) is -3.59. The minimum absolute atomic E-state index is 0.168. The highest BCUT2D eigenvalue weighted by molar-refractivity contribution is 7.89. The third-order valence-corrected chi connectivity index (χ3v) is 6.98. The van der Waals surface area contributed by atoms with Gasteiger partial charge in [0.2, 0.25) is 10.0 Å². The summed E-state index contributed by atoms with van der Waals surface area (Å²) in [6, 6.07) is 13.7. The lowest BCUT2D eigenvalue weighted by Crippen LogP contribution is -2.40. The van der Waals surface area contributed by atoms with E-state index in [0.29, 0.717) is 37.6 Å². The van der Waals surface area contributed by atoms with Crippen molar-refractivity contribution in [1.29, 1.82) is 0 Å². The van der Waals surface area contributed by atoms with E-state index in [1.807, 2.05) is 38.1 Å². The van der Waals surface area contributed by atoms with Gasteiger partial charge < -0.3 is 10.1 Å². The normalized spacial score (nSPS) is 15.3. The Hall–Kier alpha value is -2.81. The van der Waals surface area contributed by atoms with E-state index >= 15 is 0 Å². The summed E-state index contributed by atoms with van der Waals surface area (Å²) in [6.07, 6.45) is 0. The number of sulfonamides is 1. The second kappa shape index (κ2) is 8.14. The van der Waals surface area contributed by atoms with Crippen LogP contribution in [0.2, 0.25) is 0 Å². The van der Waals surface area contributed by atoms with E-state index in [0.717, 1.165) is 22.2 Å². The zero-order chi connectivity index (χ0) is 21.3. The first-order chi connectivity index (χ1) is 14.3. The lowest BCUT2D eigenvalue weighted by Gasteiger charge is -2.26. The topological polar surface area (TPSA) is 88.6 Å². The molecule has 0 unspecified atom stereocenters. The smallest absolute Gasteiger partial charge is 0.255 e. The number of benzene rings is 2. The summed E-state index contributed by atoms with van der Waals surface area (Å²) in [5, 5.41) is 3.80. The maximum atomic E-state index is 12.8. The number of fused-ring (bicyclic) bond motifs is 1. The first kappa shape index (κ1) is 20.5. The van der Waals surface area contributed by atoms with E-state index in [9.17, 15) is 13.2 Å². The Morgan fingerprint density at radius 3 is 2.43 bits per heavy atom. The van der Waals surface area contributed by atoms with Gasteiger partial charge in [-0.2, -0.15) is 4.31 Å². The van der Waals surface area contributed by atoms with E-state index < -0.39 is 10.0 Å². The molecule has 156 valence electrons. The predicted molar refractivity (Wildman–Crippen MR) is 115 cm³/mol. The molecular formula is C22H23N3O4S. The van der Waals surface area contributed by atoms with Gasteiger partial charge in [-0.1, -0.05) is 11.6 Å². The first-order valence-corrected chi connectivity index (χ1v) is 11.2. The minimum atomic E-state index is -3.59. The van der Waals surface area contributed by atoms with E-state index in [4.69, 9.17) is 4.74 Å². The molecule has 1 amide bonds. The lowest BCUT2D eigenvalue weighted by atomic mass is 10.1. The number of ether oxygens (including phenoxy) is 1. The van der Waals surface area contributed by atoms with Crippen LogP contribution < -0.4 is 5.32 Å². The molecule has 1 N–H and O–H groups in total. The maximum absolute atomic E-state index is 12.8. The SMILES string of the molecule is Cc1ccc2nc(C)cc(NC(=O)c3ccc(S(=O)(=O)N4CCOCC4)cc3)c2c1. The standard InChI is InChI=1S/C22H23N3O4S/c1-15-3-8-20-19(13-15)21(14-16(2)23-20)24-22(26)17-4-6-18(7-5-17)30(27,28)25-9-11-29-12-10-25/h3-8,13-14H,9-12H2,1-2H3,(H,23,24,26). The zero-order valence-electron chi connectivity index (χ0n) is 16.9. The van der Waals surface area contributed by atoms with Gasteiger partial charge in [0.25, 0.3) is 5.91 Å². The number of aryl methyl sites for hydroxylation is 2. The minimum Gasteiger partial charge on any atom is -0.379 e. The number of carbonyl (C=O) groups is 1. The van der Waals surface area contributed by atoms with Crippen molar-refractivity contribution < 1.29 is 17.9 Å². The summed E-state index contributed by atoms with van der Waals surface area (Å²) < 4.78 is 32.1. The third-order valence-electron chi connectivity index (χ3n) is 5.06. The van der Waals surface area contributed by atoms with Crippen molar-refractivity contribution in [2.24, 2.45) is 0 Å². The number of amides is 1. The number of rotatable bonds is 4. The van der Waals surface area contributed by atoms with Gasteiger partial charge in [-0.15, -0.1) is 0 Å². The van der Waals surface area contributed by atoms with Crippen molar-refractivity contribution >= 4 is 32.5 Å². The molecule has 0 bridgehead atoms. The average Bonchev–Trinajstić information content (AvgIpc) is 2.75. The fourth-order valence-corrected chi connectivity index (χ4v) is 4.89. The molecule has 30 heavy (non-hydrogen) atoms. The summed E-state index contributed by atoms with van der Waals surface area (Å²) in [5.41, 5.74) is 3.74. The first-order valence-electron chi connectivity index (χ1n) is 9.72. The highest BCUT2D eigenvalue weighted by atomic mass is 32.2. The third kappa shape index (κ3) is 4.07. The lowest BCUT2D eigenvalue weighted by molar-refractivity contribution is 0.0730. The Bertz CT molecular complexity index is 1200. The van der Waals surface area contributed by atoms with E-state index in [1.54, 1.807) is 0 Å². The molecule has 8 heteroatoms. The number of aromatic nitrogens is 1. The summed E-state index contributed by atoms with van der Waals surface area (Å²) in [4.78, 5) is 17.5. The molecule has 1 fully saturated rings. The molecular weight excluding hydrogens is 402 g/mol. The molecule has 0 spiro atoms. The van der Waals surface area contributed by atoms with Gasteiger partial charge in [0.15, 0.2) is 0 Å². The monoisotopic (exact) mass is 425 g/mol. The van der Waals surface area contributed by atoms with Gasteiger partial charge >= 0.3 is 0 Å². The average molecular weight is 426 g/mol. The Balaban J connectivity index is 1.58. The Kier molecular flexibility index (Phi) is 5.55. The molecule has 1 aliphatic heterocycles. The van der Waals surface area contributed by atoms with Crippen LogP contribution in [0.3, 0.4) is 0 Å². The number of hydrogen-bond acceptors (Lipinski definition) is 5. The van der Waals surface area contributed by atoms with Gasteiger partial charge in [0.05, 0.1) is 29.3 Å². The van der Waals surface area contributed by atoms with Gasteiger partial charge in [-0.3, -0.25) is 9.78 Å². The van der Waals surface area contributed by atoms with Crippen LogP contribution in [-0.4, -0.2) is 49.9 Å². The Labute approximate surface area is 175 Å². The van der Waals surface area contributed by atoms with E-state index in [2.05, 4.69) is 10.3 Å². The van der Waals surface area contributed by atoms with Crippen LogP contribution in [0.25, 0.3) is 10.9 Å². The molecule has 1 aliphatic rings. The summed E-state index contributed by atoms with van der Waals surface area (Å²) in [6.45, 7) is 5.30. The quantitative estimate of drug-likeness (QED) is 0.694. The molecule has 0 aliphatic carbocycles. The van der Waals surface area contributed by atoms with Crippen molar-refractivity contribution in [1.82, 2.24) is 9.29 Å². The van der Waals surface area contributed by atoms with Crippen molar-refractivity contribution in [2.45, 2.75) is 18.7 Å². The zero-order valence-corrected chi connectivity index (χ0v) is 17.7. The molecule has 2 aromatic carbocycles. The van der Waals surface area contributed by atoms with Crippen LogP contribution in [0, 0.1) is 13.8 Å². The summed E-state index contributed by atoms with van der Waals surface area (Å²) >= 11 is 0. The highest BCUT2D eigenvalue weighted by Gasteiger charge is 2.26. The Morgan fingerprint density at radius 1 is 1.03 bits per heavy atom. The largest absolute Gasteiger partial charge is 0.379 e. The molecule has 1 aromatic heterocycles. The second-order valence-corrected chi connectivity index (χ2v) is 9.26. The number of anilines is 1. The van der Waals surface area contributed by atoms with Crippen molar-refractivity contribution in [2.75, 3.05) is 31.6 Å². The fourth-order valence-electron chi connectivity index (χ4n) is 3.48.